The minimum Gasteiger partial charge on any atom is -0.487 e. The predicted octanol–water partition coefficient (Wildman–Crippen LogP) is 3.45. The third-order valence-electron chi connectivity index (χ3n) is 4.79. The Labute approximate surface area is 179 Å². The van der Waals surface area contributed by atoms with Gasteiger partial charge in [0.25, 0.3) is 5.91 Å². The molecule has 2 N–H and O–H groups in total. The molecule has 2 heterocycles. The molecule has 0 unspecified atom stereocenters. The van der Waals surface area contributed by atoms with Gasteiger partial charge in [0.15, 0.2) is 0 Å². The lowest BCUT2D eigenvalue weighted by molar-refractivity contribution is -0.119. The zero-order chi connectivity index (χ0) is 21.6. The molecule has 0 aliphatic carbocycles. The monoisotopic (exact) mass is 414 g/mol. The van der Waals surface area contributed by atoms with E-state index >= 15 is 0 Å². The highest BCUT2D eigenvalue weighted by molar-refractivity contribution is 6.05. The first-order valence-electron chi connectivity index (χ1n) is 9.87. The molecule has 0 spiro atoms. The number of hydrogen-bond acceptors (Lipinski definition) is 4. The minimum absolute atomic E-state index is 0.121. The van der Waals surface area contributed by atoms with Crippen LogP contribution in [-0.4, -0.2) is 28.2 Å². The van der Waals surface area contributed by atoms with Crippen molar-refractivity contribution in [1.82, 2.24) is 14.7 Å². The van der Waals surface area contributed by atoms with E-state index in [-0.39, 0.29) is 18.2 Å². The number of pyridine rings is 1. The number of aromatic nitrogens is 2. The number of carbonyl (C=O) groups excluding carboxylic acids is 2. The Morgan fingerprint density at radius 2 is 1.87 bits per heavy atom. The molecule has 7 nitrogen and oxygen atoms in total. The van der Waals surface area contributed by atoms with Crippen LogP contribution in [0.15, 0.2) is 79.1 Å². The summed E-state index contributed by atoms with van der Waals surface area (Å²) in [6.07, 6.45) is 4.03. The number of para-hydroxylation sites is 1. The summed E-state index contributed by atoms with van der Waals surface area (Å²) in [4.78, 5) is 29.0. The van der Waals surface area contributed by atoms with Crippen molar-refractivity contribution in [1.29, 1.82) is 0 Å². The highest BCUT2D eigenvalue weighted by Crippen LogP contribution is 2.20. The first kappa shape index (κ1) is 20.2. The van der Waals surface area contributed by atoms with Crippen molar-refractivity contribution in [3.05, 3.63) is 95.9 Å². The summed E-state index contributed by atoms with van der Waals surface area (Å²) in [7, 11) is 1.58. The van der Waals surface area contributed by atoms with Gasteiger partial charge in [0.2, 0.25) is 5.91 Å². The fourth-order valence-corrected chi connectivity index (χ4v) is 3.19. The predicted molar refractivity (Wildman–Crippen MR) is 118 cm³/mol. The molecular weight excluding hydrogens is 392 g/mol. The first-order valence-corrected chi connectivity index (χ1v) is 9.87. The fraction of sp³-hybridized carbons (Fsp3) is 0.125. The quantitative estimate of drug-likeness (QED) is 0.485. The largest absolute Gasteiger partial charge is 0.487 e. The standard InChI is InChI=1S/C24H22N4O3/c1-25-23(29)14-17-7-2-3-10-21(17)27-24(30)18-8-6-9-20(13-18)31-16-19-15-28-12-5-4-11-22(28)26-19/h2-13,15H,14,16H2,1H3,(H,25,29)(H,27,30). The zero-order valence-corrected chi connectivity index (χ0v) is 17.0. The van der Waals surface area contributed by atoms with Crippen LogP contribution < -0.4 is 15.4 Å². The van der Waals surface area contributed by atoms with Crippen LogP contribution in [0.4, 0.5) is 5.69 Å². The fourth-order valence-electron chi connectivity index (χ4n) is 3.19. The molecule has 0 saturated carbocycles. The number of rotatable bonds is 7. The summed E-state index contributed by atoms with van der Waals surface area (Å²) in [5.41, 5.74) is 3.46. The van der Waals surface area contributed by atoms with Gasteiger partial charge in [-0.25, -0.2) is 4.98 Å². The lowest BCUT2D eigenvalue weighted by Gasteiger charge is -2.11. The number of ether oxygens (including phenoxy) is 1. The molecule has 0 radical (unpaired) electrons. The maximum Gasteiger partial charge on any atom is 0.255 e. The third kappa shape index (κ3) is 4.90. The van der Waals surface area contributed by atoms with Gasteiger partial charge in [0, 0.05) is 30.7 Å². The molecule has 2 amide bonds. The number of nitrogens with one attached hydrogen (secondary N) is 2. The molecular formula is C24H22N4O3. The van der Waals surface area contributed by atoms with Crippen LogP contribution in [0.25, 0.3) is 5.65 Å². The van der Waals surface area contributed by atoms with Gasteiger partial charge in [0.1, 0.15) is 18.0 Å². The Kier molecular flexibility index (Phi) is 5.93. The second-order valence-electron chi connectivity index (χ2n) is 6.98. The summed E-state index contributed by atoms with van der Waals surface area (Å²) in [6, 6.07) is 20.0. The average Bonchev–Trinajstić information content (AvgIpc) is 3.22. The summed E-state index contributed by atoms with van der Waals surface area (Å²) in [5, 5.41) is 5.48. The van der Waals surface area contributed by atoms with E-state index in [0.717, 1.165) is 16.9 Å². The third-order valence-corrected chi connectivity index (χ3v) is 4.79. The van der Waals surface area contributed by atoms with Gasteiger partial charge in [0.05, 0.1) is 12.1 Å². The zero-order valence-electron chi connectivity index (χ0n) is 17.0. The SMILES string of the molecule is CNC(=O)Cc1ccccc1NC(=O)c1cccc(OCc2cn3ccccc3n2)c1. The molecule has 0 saturated heterocycles. The minimum atomic E-state index is -0.275. The molecule has 31 heavy (non-hydrogen) atoms. The summed E-state index contributed by atoms with van der Waals surface area (Å²) >= 11 is 0. The van der Waals surface area contributed by atoms with Crippen molar-refractivity contribution in [3.63, 3.8) is 0 Å². The second kappa shape index (κ2) is 9.13. The number of benzene rings is 2. The average molecular weight is 414 g/mol. The van der Waals surface area contributed by atoms with Crippen molar-refractivity contribution in [2.45, 2.75) is 13.0 Å². The van der Waals surface area contributed by atoms with E-state index in [1.165, 1.54) is 0 Å². The number of hydrogen-bond donors (Lipinski definition) is 2. The van der Waals surface area contributed by atoms with E-state index in [4.69, 9.17) is 4.74 Å². The molecule has 7 heteroatoms. The molecule has 2 aromatic carbocycles. The van der Waals surface area contributed by atoms with E-state index in [2.05, 4.69) is 15.6 Å². The molecule has 4 rings (SSSR count). The highest BCUT2D eigenvalue weighted by atomic mass is 16.5. The topological polar surface area (TPSA) is 84.7 Å². The Morgan fingerprint density at radius 1 is 1.03 bits per heavy atom. The smallest absolute Gasteiger partial charge is 0.255 e. The summed E-state index contributed by atoms with van der Waals surface area (Å²) in [6.45, 7) is 0.293. The lowest BCUT2D eigenvalue weighted by atomic mass is 10.1. The van der Waals surface area contributed by atoms with E-state index in [1.807, 2.05) is 53.2 Å². The van der Waals surface area contributed by atoms with Crippen LogP contribution in [0.1, 0.15) is 21.6 Å². The number of carbonyl (C=O) groups is 2. The molecule has 156 valence electrons. The van der Waals surface area contributed by atoms with E-state index in [1.54, 1.807) is 37.4 Å². The number of amides is 2. The first-order chi connectivity index (χ1) is 15.1. The lowest BCUT2D eigenvalue weighted by Crippen LogP contribution is -2.21. The van der Waals surface area contributed by atoms with Gasteiger partial charge in [-0.2, -0.15) is 0 Å². The van der Waals surface area contributed by atoms with E-state index < -0.39 is 0 Å². The maximum atomic E-state index is 12.8. The molecule has 0 aliphatic heterocycles. The van der Waals surface area contributed by atoms with Gasteiger partial charge >= 0.3 is 0 Å². The molecule has 0 atom stereocenters. The van der Waals surface area contributed by atoms with Gasteiger partial charge in [-0.15, -0.1) is 0 Å². The Hall–Kier alpha value is -4.13. The Balaban J connectivity index is 1.44. The number of likely N-dealkylation sites (N-methyl/N-ethyl adjacent to an activating group) is 1. The van der Waals surface area contributed by atoms with Crippen LogP contribution in [0.5, 0.6) is 5.75 Å². The molecule has 0 bridgehead atoms. The van der Waals surface area contributed by atoms with Crippen molar-refractivity contribution in [2.75, 3.05) is 12.4 Å². The molecule has 0 fully saturated rings. The maximum absolute atomic E-state index is 12.8. The number of fused-ring (bicyclic) bond motifs is 1. The molecule has 0 aliphatic rings. The molecule has 2 aromatic heterocycles. The van der Waals surface area contributed by atoms with Crippen LogP contribution in [-0.2, 0) is 17.8 Å². The van der Waals surface area contributed by atoms with Crippen molar-refractivity contribution in [2.24, 2.45) is 0 Å². The van der Waals surface area contributed by atoms with Gasteiger partial charge < -0.3 is 19.8 Å². The van der Waals surface area contributed by atoms with Crippen LogP contribution in [0.2, 0.25) is 0 Å². The highest BCUT2D eigenvalue weighted by Gasteiger charge is 2.12. The van der Waals surface area contributed by atoms with Crippen molar-refractivity contribution < 1.29 is 14.3 Å². The van der Waals surface area contributed by atoms with Gasteiger partial charge in [-0.1, -0.05) is 30.3 Å². The normalized spacial score (nSPS) is 10.6. The number of anilines is 1. The number of nitrogens with zero attached hydrogens (tertiary/aromatic N) is 2. The van der Waals surface area contributed by atoms with Crippen LogP contribution in [0.3, 0.4) is 0 Å². The second-order valence-corrected chi connectivity index (χ2v) is 6.98. The van der Waals surface area contributed by atoms with Crippen LogP contribution in [0, 0.1) is 0 Å². The Bertz CT molecular complexity index is 1200. The Morgan fingerprint density at radius 3 is 2.71 bits per heavy atom. The van der Waals surface area contributed by atoms with Gasteiger partial charge in [-0.05, 0) is 42.0 Å². The van der Waals surface area contributed by atoms with E-state index in [0.29, 0.717) is 23.6 Å². The van der Waals surface area contributed by atoms with Crippen LogP contribution >= 0.6 is 0 Å². The van der Waals surface area contributed by atoms with Gasteiger partial charge in [-0.3, -0.25) is 9.59 Å². The summed E-state index contributed by atoms with van der Waals surface area (Å²) in [5.74, 6) is 0.176. The number of imidazole rings is 1. The summed E-state index contributed by atoms with van der Waals surface area (Å²) < 4.78 is 7.77. The van der Waals surface area contributed by atoms with E-state index in [9.17, 15) is 9.59 Å². The van der Waals surface area contributed by atoms with Crippen molar-refractivity contribution in [3.8, 4) is 5.75 Å². The molecule has 4 aromatic rings. The van der Waals surface area contributed by atoms with Crippen molar-refractivity contribution >= 4 is 23.1 Å².